The van der Waals surface area contributed by atoms with Crippen LogP contribution < -0.4 is 5.32 Å². The van der Waals surface area contributed by atoms with E-state index in [2.05, 4.69) is 10.5 Å². The molecular weight excluding hydrogens is 378 g/mol. The largest absolute Gasteiger partial charge is 0.444 e. The molecule has 2 aromatic heterocycles. The molecule has 152 valence electrons. The number of ether oxygens (including phenoxy) is 1. The van der Waals surface area contributed by atoms with Crippen LogP contribution in [0.25, 0.3) is 0 Å². The van der Waals surface area contributed by atoms with Crippen LogP contribution in [0, 0.1) is 0 Å². The maximum absolute atomic E-state index is 12.7. The molecular formula is C20H27N3O4S. The minimum absolute atomic E-state index is 0.178. The fourth-order valence-electron chi connectivity index (χ4n) is 2.87. The molecule has 0 atom stereocenters. The Labute approximate surface area is 169 Å². The van der Waals surface area contributed by atoms with E-state index >= 15 is 0 Å². The number of nitrogens with one attached hydrogen (secondary N) is 1. The second-order valence-corrected chi connectivity index (χ2v) is 9.95. The highest BCUT2D eigenvalue weighted by atomic mass is 32.1. The number of aromatic nitrogens is 1. The van der Waals surface area contributed by atoms with E-state index in [4.69, 9.17) is 9.26 Å². The zero-order chi connectivity index (χ0) is 20.7. The van der Waals surface area contributed by atoms with E-state index in [9.17, 15) is 9.59 Å². The molecule has 0 aliphatic carbocycles. The number of amides is 2. The summed E-state index contributed by atoms with van der Waals surface area (Å²) in [5.74, 6) is 0.904. The van der Waals surface area contributed by atoms with Gasteiger partial charge in [0, 0.05) is 28.3 Å². The van der Waals surface area contributed by atoms with E-state index in [1.807, 2.05) is 46.9 Å². The highest BCUT2D eigenvalue weighted by molar-refractivity contribution is 7.10. The first-order valence-electron chi connectivity index (χ1n) is 9.30. The van der Waals surface area contributed by atoms with Crippen molar-refractivity contribution in [1.82, 2.24) is 10.1 Å². The minimum Gasteiger partial charge on any atom is -0.444 e. The molecule has 8 heteroatoms. The number of anilines is 1. The van der Waals surface area contributed by atoms with Gasteiger partial charge in [-0.05, 0) is 32.8 Å². The van der Waals surface area contributed by atoms with Gasteiger partial charge in [0.2, 0.25) is 0 Å². The van der Waals surface area contributed by atoms with Crippen molar-refractivity contribution >= 4 is 29.2 Å². The number of hydrogen-bond acceptors (Lipinski definition) is 6. The summed E-state index contributed by atoms with van der Waals surface area (Å²) in [6, 6.07) is 1.75. The molecule has 0 spiro atoms. The number of carbonyl (C=O) groups excluding carboxylic acids is 2. The number of carbonyl (C=O) groups is 2. The van der Waals surface area contributed by atoms with Crippen LogP contribution in [0.3, 0.4) is 0 Å². The first kappa shape index (κ1) is 20.4. The van der Waals surface area contributed by atoms with E-state index in [0.717, 1.165) is 10.4 Å². The molecule has 0 bridgehead atoms. The minimum atomic E-state index is -0.526. The van der Waals surface area contributed by atoms with Crippen molar-refractivity contribution in [2.45, 2.75) is 65.5 Å². The van der Waals surface area contributed by atoms with E-state index < -0.39 is 5.60 Å². The maximum Gasteiger partial charge on any atom is 0.410 e. The van der Waals surface area contributed by atoms with Gasteiger partial charge in [-0.25, -0.2) is 4.79 Å². The number of rotatable bonds is 2. The Kier molecular flexibility index (Phi) is 5.27. The average molecular weight is 406 g/mol. The standard InChI is InChI=1S/C20H27N3O4S/c1-19(2,3)15-9-16(22-27-15)21-17(24)13-11-28-14-10-23(8-7-12(13)14)18(25)26-20(4,5)6/h9,11H,7-8,10H2,1-6H3,(H,21,22,24). The lowest BCUT2D eigenvalue weighted by molar-refractivity contribution is 0.0226. The van der Waals surface area contributed by atoms with Gasteiger partial charge in [-0.1, -0.05) is 25.9 Å². The first-order chi connectivity index (χ1) is 12.9. The third-order valence-corrected chi connectivity index (χ3v) is 5.35. The van der Waals surface area contributed by atoms with Crippen molar-refractivity contribution in [2.75, 3.05) is 11.9 Å². The highest BCUT2D eigenvalue weighted by Crippen LogP contribution is 2.30. The number of hydrogen-bond donors (Lipinski definition) is 1. The molecule has 0 aromatic carbocycles. The topological polar surface area (TPSA) is 84.7 Å². The van der Waals surface area contributed by atoms with E-state index in [1.165, 1.54) is 11.3 Å². The van der Waals surface area contributed by atoms with Crippen molar-refractivity contribution in [1.29, 1.82) is 0 Å². The summed E-state index contributed by atoms with van der Waals surface area (Å²) in [4.78, 5) is 27.7. The fourth-order valence-corrected chi connectivity index (χ4v) is 3.97. The molecule has 3 rings (SSSR count). The summed E-state index contributed by atoms with van der Waals surface area (Å²) in [7, 11) is 0. The second-order valence-electron chi connectivity index (χ2n) is 8.98. The monoisotopic (exact) mass is 405 g/mol. The highest BCUT2D eigenvalue weighted by Gasteiger charge is 2.29. The van der Waals surface area contributed by atoms with Crippen LogP contribution in [0.1, 0.15) is 68.1 Å². The van der Waals surface area contributed by atoms with Gasteiger partial charge in [-0.2, -0.15) is 0 Å². The zero-order valence-electron chi connectivity index (χ0n) is 17.2. The number of nitrogens with zero attached hydrogens (tertiary/aromatic N) is 2. The van der Waals surface area contributed by atoms with Crippen molar-refractivity contribution in [3.05, 3.63) is 33.2 Å². The quantitative estimate of drug-likeness (QED) is 0.790. The van der Waals surface area contributed by atoms with E-state index in [1.54, 1.807) is 11.0 Å². The van der Waals surface area contributed by atoms with Crippen molar-refractivity contribution in [3.63, 3.8) is 0 Å². The molecule has 0 saturated carbocycles. The summed E-state index contributed by atoms with van der Waals surface area (Å²) >= 11 is 1.49. The Hall–Kier alpha value is -2.35. The molecule has 1 aliphatic heterocycles. The van der Waals surface area contributed by atoms with Crippen LogP contribution in [0.4, 0.5) is 10.6 Å². The summed E-state index contributed by atoms with van der Waals surface area (Å²) in [6.07, 6.45) is 0.294. The molecule has 0 radical (unpaired) electrons. The van der Waals surface area contributed by atoms with Gasteiger partial charge in [0.1, 0.15) is 11.4 Å². The molecule has 0 saturated heterocycles. The molecule has 7 nitrogen and oxygen atoms in total. The van der Waals surface area contributed by atoms with Crippen LogP contribution in [-0.2, 0) is 23.1 Å². The SMILES string of the molecule is CC(C)(C)OC(=O)N1CCc2c(C(=O)Nc3cc(C(C)(C)C)on3)csc2C1. The van der Waals surface area contributed by atoms with Crippen LogP contribution in [0.5, 0.6) is 0 Å². The Morgan fingerprint density at radius 2 is 1.96 bits per heavy atom. The lowest BCUT2D eigenvalue weighted by Gasteiger charge is -2.30. The molecule has 2 aromatic rings. The van der Waals surface area contributed by atoms with Gasteiger partial charge in [-0.3, -0.25) is 4.79 Å². The third kappa shape index (κ3) is 4.55. The molecule has 0 unspecified atom stereocenters. The van der Waals surface area contributed by atoms with Crippen molar-refractivity contribution in [2.24, 2.45) is 0 Å². The Morgan fingerprint density at radius 1 is 1.25 bits per heavy atom. The first-order valence-corrected chi connectivity index (χ1v) is 10.2. The van der Waals surface area contributed by atoms with Crippen molar-refractivity contribution in [3.8, 4) is 0 Å². The second kappa shape index (κ2) is 7.24. The van der Waals surface area contributed by atoms with Crippen molar-refractivity contribution < 1.29 is 18.8 Å². The van der Waals surface area contributed by atoms with Crippen LogP contribution >= 0.6 is 11.3 Å². The van der Waals surface area contributed by atoms with Crippen LogP contribution in [-0.4, -0.2) is 34.2 Å². The Balaban J connectivity index is 1.69. The third-order valence-electron chi connectivity index (χ3n) is 4.33. The summed E-state index contributed by atoms with van der Waals surface area (Å²) in [5, 5.41) is 8.59. The van der Waals surface area contributed by atoms with Gasteiger partial charge >= 0.3 is 6.09 Å². The predicted octanol–water partition coefficient (Wildman–Crippen LogP) is 4.58. The molecule has 2 amide bonds. The van der Waals surface area contributed by atoms with Gasteiger partial charge in [0.25, 0.3) is 5.91 Å². The van der Waals surface area contributed by atoms with Crippen LogP contribution in [0.2, 0.25) is 0 Å². The van der Waals surface area contributed by atoms with E-state index in [0.29, 0.717) is 36.7 Å². The summed E-state index contributed by atoms with van der Waals surface area (Å²) < 4.78 is 10.8. The smallest absolute Gasteiger partial charge is 0.410 e. The molecule has 1 N–H and O–H groups in total. The lowest BCUT2D eigenvalue weighted by Crippen LogP contribution is -2.39. The summed E-state index contributed by atoms with van der Waals surface area (Å²) in [6.45, 7) is 12.6. The Bertz CT molecular complexity index is 886. The average Bonchev–Trinajstić information content (AvgIpc) is 3.18. The zero-order valence-corrected chi connectivity index (χ0v) is 18.0. The number of fused-ring (bicyclic) bond motifs is 1. The lowest BCUT2D eigenvalue weighted by atomic mass is 9.93. The maximum atomic E-state index is 12.7. The van der Waals surface area contributed by atoms with Crippen LogP contribution in [0.15, 0.2) is 16.0 Å². The van der Waals surface area contributed by atoms with Gasteiger partial charge in [-0.15, -0.1) is 11.3 Å². The normalized spacial score (nSPS) is 14.6. The van der Waals surface area contributed by atoms with Gasteiger partial charge in [0.15, 0.2) is 5.82 Å². The fraction of sp³-hybridized carbons (Fsp3) is 0.550. The van der Waals surface area contributed by atoms with Gasteiger partial charge < -0.3 is 19.5 Å². The molecule has 28 heavy (non-hydrogen) atoms. The molecule has 3 heterocycles. The molecule has 1 aliphatic rings. The predicted molar refractivity (Wildman–Crippen MR) is 108 cm³/mol. The summed E-state index contributed by atoms with van der Waals surface area (Å²) in [5.41, 5.74) is 0.912. The Morgan fingerprint density at radius 3 is 2.57 bits per heavy atom. The molecule has 0 fully saturated rings. The van der Waals surface area contributed by atoms with Gasteiger partial charge in [0.05, 0.1) is 12.1 Å². The number of thiophene rings is 1. The van der Waals surface area contributed by atoms with E-state index in [-0.39, 0.29) is 17.4 Å².